The zero-order valence-corrected chi connectivity index (χ0v) is 20.5. The van der Waals surface area contributed by atoms with Gasteiger partial charge < -0.3 is 20.7 Å². The Balaban J connectivity index is 1.31. The van der Waals surface area contributed by atoms with E-state index < -0.39 is 0 Å². The van der Waals surface area contributed by atoms with Gasteiger partial charge in [-0.2, -0.15) is 0 Å². The number of benzene rings is 2. The number of amides is 1. The number of aryl methyl sites for hydroxylation is 1. The van der Waals surface area contributed by atoms with E-state index in [1.54, 1.807) is 24.4 Å². The molecule has 0 aliphatic rings. The lowest BCUT2D eigenvalue weighted by Crippen LogP contribution is -2.11. The van der Waals surface area contributed by atoms with Crippen molar-refractivity contribution in [3.8, 4) is 5.75 Å². The van der Waals surface area contributed by atoms with Gasteiger partial charge in [0.2, 0.25) is 0 Å². The number of rotatable bonds is 11. The fraction of sp³-hybridized carbons (Fsp3) is 0.214. The van der Waals surface area contributed by atoms with E-state index in [1.165, 1.54) is 6.33 Å². The van der Waals surface area contributed by atoms with Crippen LogP contribution in [0.3, 0.4) is 0 Å². The molecule has 2 aromatic heterocycles. The van der Waals surface area contributed by atoms with Crippen molar-refractivity contribution >= 4 is 34.7 Å². The van der Waals surface area contributed by atoms with Gasteiger partial charge in [0.25, 0.3) is 5.91 Å². The summed E-state index contributed by atoms with van der Waals surface area (Å²) >= 11 is 0. The van der Waals surface area contributed by atoms with Gasteiger partial charge in [0.15, 0.2) is 0 Å². The van der Waals surface area contributed by atoms with Crippen molar-refractivity contribution in [3.05, 3.63) is 90.4 Å². The van der Waals surface area contributed by atoms with E-state index in [0.29, 0.717) is 35.3 Å². The van der Waals surface area contributed by atoms with Crippen molar-refractivity contribution in [1.82, 2.24) is 15.0 Å². The minimum atomic E-state index is -0.176. The van der Waals surface area contributed by atoms with Crippen LogP contribution in [0.2, 0.25) is 0 Å². The Bertz CT molecular complexity index is 1280. The van der Waals surface area contributed by atoms with Crippen LogP contribution < -0.4 is 20.7 Å². The summed E-state index contributed by atoms with van der Waals surface area (Å²) in [5.41, 5.74) is 3.20. The molecule has 1 amide bonds. The largest absolute Gasteiger partial charge is 0.494 e. The average molecular weight is 483 g/mol. The van der Waals surface area contributed by atoms with Gasteiger partial charge >= 0.3 is 0 Å². The normalized spacial score (nSPS) is 10.5. The third kappa shape index (κ3) is 7.27. The monoisotopic (exact) mass is 482 g/mol. The minimum Gasteiger partial charge on any atom is -0.494 e. The third-order valence-electron chi connectivity index (χ3n) is 5.39. The molecule has 0 bridgehead atoms. The minimum absolute atomic E-state index is 0.176. The SMILES string of the molecule is CCCCCOc1ccc(C(=O)Nc2ccc(Nc3cc(Nc4cc(C)ccn4)ncn3)cc2)cc1. The van der Waals surface area contributed by atoms with Crippen LogP contribution in [0.5, 0.6) is 5.75 Å². The number of carbonyl (C=O) groups excluding carboxylic acids is 1. The highest BCUT2D eigenvalue weighted by atomic mass is 16.5. The molecule has 0 saturated heterocycles. The highest BCUT2D eigenvalue weighted by Gasteiger charge is 2.07. The summed E-state index contributed by atoms with van der Waals surface area (Å²) in [4.78, 5) is 25.4. The highest BCUT2D eigenvalue weighted by molar-refractivity contribution is 6.04. The van der Waals surface area contributed by atoms with E-state index in [2.05, 4.69) is 37.8 Å². The number of ether oxygens (including phenoxy) is 1. The second kappa shape index (κ2) is 12.3. The quantitative estimate of drug-likeness (QED) is 0.210. The number of unbranched alkanes of at least 4 members (excludes halogenated alkanes) is 2. The molecule has 0 aliphatic carbocycles. The molecule has 0 radical (unpaired) electrons. The second-order valence-corrected chi connectivity index (χ2v) is 8.37. The maximum absolute atomic E-state index is 12.6. The Morgan fingerprint density at radius 2 is 1.50 bits per heavy atom. The van der Waals surface area contributed by atoms with Gasteiger partial charge in [0.05, 0.1) is 6.61 Å². The third-order valence-corrected chi connectivity index (χ3v) is 5.39. The molecule has 3 N–H and O–H groups in total. The fourth-order valence-electron chi connectivity index (χ4n) is 3.46. The smallest absolute Gasteiger partial charge is 0.255 e. The number of pyridine rings is 1. The Kier molecular flexibility index (Phi) is 8.43. The van der Waals surface area contributed by atoms with Crippen molar-refractivity contribution in [2.24, 2.45) is 0 Å². The molecule has 0 unspecified atom stereocenters. The molecule has 36 heavy (non-hydrogen) atoms. The molecule has 4 aromatic rings. The lowest BCUT2D eigenvalue weighted by atomic mass is 10.2. The number of aromatic nitrogens is 3. The van der Waals surface area contributed by atoms with Gasteiger partial charge in [0, 0.05) is 29.2 Å². The summed E-state index contributed by atoms with van der Waals surface area (Å²) in [6, 6.07) is 20.3. The molecule has 0 fully saturated rings. The zero-order valence-electron chi connectivity index (χ0n) is 20.5. The maximum Gasteiger partial charge on any atom is 0.255 e. The fourth-order valence-corrected chi connectivity index (χ4v) is 3.46. The molecular weight excluding hydrogens is 452 g/mol. The maximum atomic E-state index is 12.6. The summed E-state index contributed by atoms with van der Waals surface area (Å²) in [5, 5.41) is 9.34. The number of nitrogens with one attached hydrogen (secondary N) is 3. The summed E-state index contributed by atoms with van der Waals surface area (Å²) in [5.74, 6) is 2.58. The standard InChI is InChI=1S/C28H30N6O2/c1-3-4-5-16-36-24-12-6-21(7-13-24)28(35)33-23-10-8-22(9-11-23)32-26-18-27(31-19-30-26)34-25-17-20(2)14-15-29-25/h6-15,17-19H,3-5,16H2,1-2H3,(H,33,35)(H2,29,30,31,32,34). The molecule has 0 aliphatic heterocycles. The number of anilines is 5. The van der Waals surface area contributed by atoms with E-state index in [0.717, 1.165) is 36.3 Å². The number of hydrogen-bond donors (Lipinski definition) is 3. The van der Waals surface area contributed by atoms with Gasteiger partial charge in [0.1, 0.15) is 29.5 Å². The Labute approximate surface area is 211 Å². The van der Waals surface area contributed by atoms with Crippen molar-refractivity contribution < 1.29 is 9.53 Å². The summed E-state index contributed by atoms with van der Waals surface area (Å²) < 4.78 is 5.71. The van der Waals surface area contributed by atoms with Crippen LogP contribution in [0.25, 0.3) is 0 Å². The van der Waals surface area contributed by atoms with E-state index in [4.69, 9.17) is 4.74 Å². The van der Waals surface area contributed by atoms with E-state index >= 15 is 0 Å². The van der Waals surface area contributed by atoms with Gasteiger partial charge in [-0.15, -0.1) is 0 Å². The molecule has 8 nitrogen and oxygen atoms in total. The average Bonchev–Trinajstić information content (AvgIpc) is 2.88. The summed E-state index contributed by atoms with van der Waals surface area (Å²) in [6.07, 6.45) is 6.57. The van der Waals surface area contributed by atoms with Crippen LogP contribution in [-0.2, 0) is 0 Å². The van der Waals surface area contributed by atoms with Crippen LogP contribution in [0, 0.1) is 6.92 Å². The number of nitrogens with zero attached hydrogens (tertiary/aromatic N) is 3. The summed E-state index contributed by atoms with van der Waals surface area (Å²) in [7, 11) is 0. The molecule has 4 rings (SSSR count). The van der Waals surface area contributed by atoms with Gasteiger partial charge in [-0.3, -0.25) is 4.79 Å². The highest BCUT2D eigenvalue weighted by Crippen LogP contribution is 2.21. The topological polar surface area (TPSA) is 101 Å². The van der Waals surface area contributed by atoms with Crippen LogP contribution >= 0.6 is 0 Å². The Morgan fingerprint density at radius 1 is 0.806 bits per heavy atom. The lowest BCUT2D eigenvalue weighted by Gasteiger charge is -2.10. The van der Waals surface area contributed by atoms with Crippen LogP contribution in [-0.4, -0.2) is 27.5 Å². The van der Waals surface area contributed by atoms with Crippen molar-refractivity contribution in [1.29, 1.82) is 0 Å². The number of carbonyl (C=O) groups is 1. The predicted molar refractivity (Wildman–Crippen MR) is 143 cm³/mol. The first kappa shape index (κ1) is 24.7. The van der Waals surface area contributed by atoms with Gasteiger partial charge in [-0.05, 0) is 79.6 Å². The lowest BCUT2D eigenvalue weighted by molar-refractivity contribution is 0.102. The predicted octanol–water partition coefficient (Wildman–Crippen LogP) is 6.49. The zero-order chi connectivity index (χ0) is 25.2. The molecule has 184 valence electrons. The molecule has 8 heteroatoms. The van der Waals surface area contributed by atoms with E-state index in [1.807, 2.05) is 55.5 Å². The first-order valence-electron chi connectivity index (χ1n) is 12.0. The molecule has 0 atom stereocenters. The van der Waals surface area contributed by atoms with Crippen molar-refractivity contribution in [2.45, 2.75) is 33.1 Å². The number of hydrogen-bond acceptors (Lipinski definition) is 7. The van der Waals surface area contributed by atoms with Crippen LogP contribution in [0.15, 0.2) is 79.3 Å². The van der Waals surface area contributed by atoms with Crippen molar-refractivity contribution in [2.75, 3.05) is 22.6 Å². The Hall–Kier alpha value is -4.46. The molecular formula is C28H30N6O2. The summed E-state index contributed by atoms with van der Waals surface area (Å²) in [6.45, 7) is 4.86. The first-order chi connectivity index (χ1) is 17.6. The first-order valence-corrected chi connectivity index (χ1v) is 12.0. The van der Waals surface area contributed by atoms with E-state index in [9.17, 15) is 4.79 Å². The Morgan fingerprint density at radius 3 is 2.22 bits per heavy atom. The van der Waals surface area contributed by atoms with Gasteiger partial charge in [-0.25, -0.2) is 15.0 Å². The molecule has 2 heterocycles. The van der Waals surface area contributed by atoms with Crippen molar-refractivity contribution in [3.63, 3.8) is 0 Å². The second-order valence-electron chi connectivity index (χ2n) is 8.37. The molecule has 0 saturated carbocycles. The van der Waals surface area contributed by atoms with E-state index in [-0.39, 0.29) is 5.91 Å². The molecule has 0 spiro atoms. The van der Waals surface area contributed by atoms with Crippen LogP contribution in [0.4, 0.5) is 28.8 Å². The molecule has 2 aromatic carbocycles. The van der Waals surface area contributed by atoms with Crippen LogP contribution in [0.1, 0.15) is 42.1 Å². The van der Waals surface area contributed by atoms with Gasteiger partial charge in [-0.1, -0.05) is 19.8 Å².